The van der Waals surface area contributed by atoms with Gasteiger partial charge in [0.1, 0.15) is 23.2 Å². The predicted molar refractivity (Wildman–Crippen MR) is 224 cm³/mol. The number of fused-ring (bicyclic) bond motifs is 1. The van der Waals surface area contributed by atoms with Crippen molar-refractivity contribution in [2.45, 2.75) is 160 Å². The molecule has 0 bridgehead atoms. The summed E-state index contributed by atoms with van der Waals surface area (Å²) in [4.78, 5) is 30.7. The molecule has 0 radical (unpaired) electrons. The van der Waals surface area contributed by atoms with Crippen molar-refractivity contribution in [2.75, 3.05) is 14.2 Å². The molecule has 12 heteroatoms. The summed E-state index contributed by atoms with van der Waals surface area (Å²) in [6.07, 6.45) is 6.31. The summed E-state index contributed by atoms with van der Waals surface area (Å²) in [7, 11) is -4.09. The highest BCUT2D eigenvalue weighted by Gasteiger charge is 2.60. The quantitative estimate of drug-likeness (QED) is 0.118. The number of methoxy groups -OCH3 is 2. The van der Waals surface area contributed by atoms with E-state index in [0.29, 0.717) is 43.0 Å². The van der Waals surface area contributed by atoms with Crippen LogP contribution in [0.2, 0.25) is 52.9 Å². The van der Waals surface area contributed by atoms with E-state index in [1.165, 1.54) is 7.11 Å². The second-order valence-corrected chi connectivity index (χ2v) is 34.4. The van der Waals surface area contributed by atoms with E-state index in [2.05, 4.69) is 132 Å². The minimum atomic E-state index is -2.43. The minimum absolute atomic E-state index is 0.0380. The largest absolute Gasteiger partial charge is 0.544 e. The molecule has 1 saturated heterocycles. The number of carbonyl (C=O) groups excluding carboxylic acids is 2. The smallest absolute Gasteiger partial charge is 0.328 e. The number of halogens is 1. The van der Waals surface area contributed by atoms with E-state index in [9.17, 15) is 4.79 Å². The molecule has 1 aromatic rings. The molecule has 1 aliphatic carbocycles. The molecule has 1 aliphatic heterocycles. The Labute approximate surface area is 326 Å². The van der Waals surface area contributed by atoms with Crippen molar-refractivity contribution < 1.29 is 32.3 Å². The first kappa shape index (κ1) is 43.8. The van der Waals surface area contributed by atoms with E-state index in [1.807, 2.05) is 30.4 Å². The second-order valence-electron chi connectivity index (χ2n) is 18.4. The van der Waals surface area contributed by atoms with Gasteiger partial charge in [0, 0.05) is 9.99 Å². The van der Waals surface area contributed by atoms with Gasteiger partial charge in [0.25, 0.3) is 14.2 Å². The van der Waals surface area contributed by atoms with Crippen molar-refractivity contribution in [3.05, 3.63) is 45.3 Å². The number of likely N-dealkylation sites (tertiary alicyclic amines) is 1. The monoisotopic (exact) mass is 871 g/mol. The van der Waals surface area contributed by atoms with E-state index in [1.54, 1.807) is 12.0 Å². The summed E-state index contributed by atoms with van der Waals surface area (Å²) < 4.78 is 33.2. The fourth-order valence-electron chi connectivity index (χ4n) is 7.28. The molecular formula is C39H66INO7Si3. The summed E-state index contributed by atoms with van der Waals surface area (Å²) in [6, 6.07) is 2.19. The van der Waals surface area contributed by atoms with Crippen LogP contribution in [-0.4, -0.2) is 73.6 Å². The van der Waals surface area contributed by atoms with Crippen molar-refractivity contribution in [1.82, 2.24) is 4.90 Å². The highest BCUT2D eigenvalue weighted by molar-refractivity contribution is 14.1. The molecule has 1 amide bonds. The number of benzene rings is 1. The maximum Gasteiger partial charge on any atom is 0.328 e. The van der Waals surface area contributed by atoms with Crippen molar-refractivity contribution in [3.8, 4) is 11.5 Å². The number of amides is 1. The molecular weight excluding hydrogens is 806 g/mol. The Morgan fingerprint density at radius 2 is 1.37 bits per heavy atom. The maximum atomic E-state index is 15.2. The topological polar surface area (TPSA) is 83.5 Å². The van der Waals surface area contributed by atoms with Crippen molar-refractivity contribution in [2.24, 2.45) is 0 Å². The lowest BCUT2D eigenvalue weighted by Gasteiger charge is -2.47. The van der Waals surface area contributed by atoms with Crippen molar-refractivity contribution in [3.63, 3.8) is 0 Å². The number of carbonyl (C=O) groups is 2. The van der Waals surface area contributed by atoms with E-state index in [-0.39, 0.29) is 22.4 Å². The van der Waals surface area contributed by atoms with Gasteiger partial charge in [0.15, 0.2) is 14.1 Å². The molecule has 8 nitrogen and oxygen atoms in total. The molecule has 1 aromatic carbocycles. The molecule has 1 fully saturated rings. The molecule has 1 unspecified atom stereocenters. The van der Waals surface area contributed by atoms with Crippen LogP contribution in [0.5, 0.6) is 11.5 Å². The van der Waals surface area contributed by atoms with E-state index in [4.69, 9.17) is 22.8 Å². The number of hydrogen-bond donors (Lipinski definition) is 0. The lowest BCUT2D eigenvalue weighted by atomic mass is 9.89. The number of allylic oxidation sites excluding steroid dienone is 1. The molecule has 0 saturated carbocycles. The molecule has 1 heterocycles. The Bertz CT molecular complexity index is 1500. The highest BCUT2D eigenvalue weighted by atomic mass is 127. The number of esters is 1. The van der Waals surface area contributed by atoms with Gasteiger partial charge in [-0.2, -0.15) is 0 Å². The van der Waals surface area contributed by atoms with E-state index < -0.39 is 48.6 Å². The zero-order chi connectivity index (χ0) is 39.3. The van der Waals surface area contributed by atoms with Crippen molar-refractivity contribution >= 4 is 59.4 Å². The van der Waals surface area contributed by atoms with Gasteiger partial charge in [0.05, 0.1) is 25.8 Å². The second kappa shape index (κ2) is 15.3. The Hall–Kier alpha value is -1.62. The molecule has 0 N–H and O–H groups in total. The lowest BCUT2D eigenvalue weighted by molar-refractivity contribution is -0.145. The van der Waals surface area contributed by atoms with E-state index in [0.717, 1.165) is 0 Å². The van der Waals surface area contributed by atoms with Gasteiger partial charge in [-0.25, -0.2) is 4.79 Å². The third-order valence-electron chi connectivity index (χ3n) is 12.1. The molecule has 0 aromatic heterocycles. The average molecular weight is 872 g/mol. The molecule has 3 rings (SSSR count). The van der Waals surface area contributed by atoms with Crippen LogP contribution in [0.4, 0.5) is 0 Å². The summed E-state index contributed by atoms with van der Waals surface area (Å²) >= 11 is 2.19. The van der Waals surface area contributed by atoms with Gasteiger partial charge in [-0.3, -0.25) is 4.79 Å². The van der Waals surface area contributed by atoms with Crippen LogP contribution in [0.25, 0.3) is 0 Å². The van der Waals surface area contributed by atoms with Crippen LogP contribution in [-0.2, 0) is 18.4 Å². The molecule has 2 aliphatic rings. The zero-order valence-corrected chi connectivity index (χ0v) is 39.8. The van der Waals surface area contributed by atoms with Crippen LogP contribution < -0.4 is 9.16 Å². The fourth-order valence-corrected chi connectivity index (χ4v) is 15.8. The number of rotatable bonds is 12. The van der Waals surface area contributed by atoms with E-state index >= 15 is 4.79 Å². The highest BCUT2D eigenvalue weighted by Crippen LogP contribution is 2.50. The number of ether oxygens (including phenoxy) is 2. The van der Waals surface area contributed by atoms with Crippen molar-refractivity contribution in [1.29, 1.82) is 0 Å². The van der Waals surface area contributed by atoms with Gasteiger partial charge in [-0.1, -0.05) is 83.1 Å². The van der Waals surface area contributed by atoms with Crippen LogP contribution in [0.3, 0.4) is 0 Å². The predicted octanol–water partition coefficient (Wildman–Crippen LogP) is 10.8. The summed E-state index contributed by atoms with van der Waals surface area (Å²) in [5, 5.41) is -0.152. The van der Waals surface area contributed by atoms with Gasteiger partial charge >= 0.3 is 5.97 Å². The standard InChI is InChI=1S/C39H66INO7Si3/c1-25(2)51(26(3)4,27(5)6)47-33-22-29(30(40)23-32(33)44-13)35(42)41-31(36(43)45-14)24-39(48-50(17,18)38(10,11)12)20-19-28(21-34(39)41)46-49(15,16)37(7,8)9/h19-23,25-27,31,34H,24H2,1-18H3/t31-,34?,39-/m0/s1. The number of hydrogen-bond acceptors (Lipinski definition) is 7. The molecule has 288 valence electrons. The third-order valence-corrected chi connectivity index (χ3v) is 27.9. The molecule has 51 heavy (non-hydrogen) atoms. The van der Waals surface area contributed by atoms with Gasteiger partial charge in [0.2, 0.25) is 8.32 Å². The maximum absolute atomic E-state index is 15.2. The van der Waals surface area contributed by atoms with Crippen LogP contribution in [0.1, 0.15) is 99.9 Å². The lowest BCUT2D eigenvalue weighted by Crippen LogP contribution is -2.56. The first-order chi connectivity index (χ1) is 23.1. The van der Waals surface area contributed by atoms with Crippen LogP contribution >= 0.6 is 22.6 Å². The Morgan fingerprint density at radius 3 is 1.82 bits per heavy atom. The zero-order valence-electron chi connectivity index (χ0n) is 34.7. The van der Waals surface area contributed by atoms with Gasteiger partial charge in [-0.15, -0.1) is 0 Å². The van der Waals surface area contributed by atoms with Crippen LogP contribution in [0, 0.1) is 3.57 Å². The molecule has 3 atom stereocenters. The fraction of sp³-hybridized carbons (Fsp3) is 0.692. The SMILES string of the molecule is COC(=O)[C@@H]1C[C@@]2(O[Si](C)(C)C(C)(C)C)C=CC(O[Si](C)(C)C(C)(C)C)=CC2N1C(=O)c1cc(O[Si](C(C)C)(C(C)C)C(C)C)c(OC)cc1I. The Kier molecular flexibility index (Phi) is 13.1. The van der Waals surface area contributed by atoms with Gasteiger partial charge in [-0.05, 0) is 106 Å². The Balaban J connectivity index is 2.31. The first-order valence-corrected chi connectivity index (χ1v) is 27.4. The summed E-state index contributed by atoms with van der Waals surface area (Å²) in [6.45, 7) is 35.4. The number of nitrogens with zero attached hydrogens (tertiary/aromatic N) is 1. The molecule has 0 spiro atoms. The summed E-state index contributed by atoms with van der Waals surface area (Å²) in [5.74, 6) is 1.07. The third kappa shape index (κ3) is 8.39. The minimum Gasteiger partial charge on any atom is -0.544 e. The van der Waals surface area contributed by atoms with Gasteiger partial charge < -0.3 is 27.7 Å². The normalized spacial score (nSPS) is 21.6. The average Bonchev–Trinajstić information content (AvgIpc) is 3.31. The summed E-state index contributed by atoms with van der Waals surface area (Å²) in [5.41, 5.74) is 0.431. The van der Waals surface area contributed by atoms with Crippen LogP contribution in [0.15, 0.2) is 36.1 Å². The Morgan fingerprint density at radius 1 is 0.843 bits per heavy atom. The first-order valence-electron chi connectivity index (χ1n) is 18.4.